The van der Waals surface area contributed by atoms with E-state index in [-0.39, 0.29) is 24.3 Å². The van der Waals surface area contributed by atoms with Crippen molar-refractivity contribution in [3.8, 4) is 11.4 Å². The van der Waals surface area contributed by atoms with Gasteiger partial charge >= 0.3 is 0 Å². The molecule has 0 aliphatic rings. The molecule has 0 spiro atoms. The van der Waals surface area contributed by atoms with E-state index in [2.05, 4.69) is 20.8 Å². The zero-order valence-electron chi connectivity index (χ0n) is 16.2. The van der Waals surface area contributed by atoms with Crippen LogP contribution in [0, 0.1) is 11.7 Å². The summed E-state index contributed by atoms with van der Waals surface area (Å²) in [5, 5.41) is 12.7. The smallest absolute Gasteiger partial charge is 0.242 e. The molecule has 2 atom stereocenters. The normalized spacial score (nSPS) is 13.0. The molecule has 2 unspecified atom stereocenters. The fraction of sp³-hybridized carbons (Fsp3) is 0.474. The summed E-state index contributed by atoms with van der Waals surface area (Å²) >= 11 is 5.30. The predicted octanol–water partition coefficient (Wildman–Crippen LogP) is 2.73. The van der Waals surface area contributed by atoms with Gasteiger partial charge in [0.05, 0.1) is 0 Å². The van der Waals surface area contributed by atoms with E-state index in [1.54, 1.807) is 11.5 Å². The molecule has 0 saturated heterocycles. The Labute approximate surface area is 164 Å². The fourth-order valence-corrected chi connectivity index (χ4v) is 2.82. The molecule has 0 saturated carbocycles. The van der Waals surface area contributed by atoms with Crippen molar-refractivity contribution in [2.45, 2.75) is 59.2 Å². The fourth-order valence-electron chi connectivity index (χ4n) is 2.59. The van der Waals surface area contributed by atoms with Crippen molar-refractivity contribution in [2.24, 2.45) is 0 Å². The van der Waals surface area contributed by atoms with E-state index in [0.717, 1.165) is 17.5 Å². The number of H-pyrrole nitrogens is 1. The van der Waals surface area contributed by atoms with Crippen LogP contribution >= 0.6 is 12.2 Å². The number of aromatic amines is 1. The first-order valence-electron chi connectivity index (χ1n) is 9.13. The molecule has 2 aromatic rings. The van der Waals surface area contributed by atoms with Crippen molar-refractivity contribution in [3.63, 3.8) is 0 Å². The van der Waals surface area contributed by atoms with Gasteiger partial charge in [-0.15, -0.1) is 0 Å². The van der Waals surface area contributed by atoms with Crippen LogP contribution < -0.4 is 10.6 Å². The number of benzene rings is 1. The van der Waals surface area contributed by atoms with Gasteiger partial charge in [-0.2, -0.15) is 5.10 Å². The van der Waals surface area contributed by atoms with Crippen LogP contribution in [0.3, 0.4) is 0 Å². The summed E-state index contributed by atoms with van der Waals surface area (Å²) in [7, 11) is 0. The van der Waals surface area contributed by atoms with Crippen molar-refractivity contribution in [1.82, 2.24) is 25.4 Å². The maximum Gasteiger partial charge on any atom is 0.242 e. The number of carbonyl (C=O) groups is 2. The van der Waals surface area contributed by atoms with Crippen molar-refractivity contribution < 1.29 is 9.59 Å². The molecule has 1 heterocycles. The van der Waals surface area contributed by atoms with E-state index < -0.39 is 6.04 Å². The van der Waals surface area contributed by atoms with E-state index >= 15 is 0 Å². The third-order valence-corrected chi connectivity index (χ3v) is 4.68. The van der Waals surface area contributed by atoms with Gasteiger partial charge in [0.2, 0.25) is 11.8 Å². The second kappa shape index (κ2) is 9.45. The number of aryl methyl sites for hydroxylation is 1. The molecular weight excluding hydrogens is 362 g/mol. The first-order chi connectivity index (χ1) is 12.8. The number of hydrogen-bond acceptors (Lipinski definition) is 4. The molecule has 7 nitrogen and oxygen atoms in total. The van der Waals surface area contributed by atoms with Crippen LogP contribution in [0.1, 0.15) is 39.2 Å². The van der Waals surface area contributed by atoms with Crippen LogP contribution in [0.5, 0.6) is 0 Å². The summed E-state index contributed by atoms with van der Waals surface area (Å²) < 4.78 is 2.26. The monoisotopic (exact) mass is 389 g/mol. The Bertz CT molecular complexity index is 858. The Kier molecular flexibility index (Phi) is 7.29. The van der Waals surface area contributed by atoms with Crippen molar-refractivity contribution in [1.29, 1.82) is 0 Å². The summed E-state index contributed by atoms with van der Waals surface area (Å²) in [6.45, 7) is 7.99. The van der Waals surface area contributed by atoms with Gasteiger partial charge in [-0.1, -0.05) is 30.7 Å². The molecule has 0 bridgehead atoms. The highest BCUT2D eigenvalue weighted by Crippen LogP contribution is 2.18. The molecule has 2 rings (SSSR count). The van der Waals surface area contributed by atoms with Crippen LogP contribution in [0.25, 0.3) is 11.4 Å². The van der Waals surface area contributed by atoms with E-state index in [4.69, 9.17) is 12.2 Å². The Balaban J connectivity index is 1.99. The van der Waals surface area contributed by atoms with Gasteiger partial charge in [-0.25, -0.2) is 0 Å². The third-order valence-electron chi connectivity index (χ3n) is 4.37. The predicted molar refractivity (Wildman–Crippen MR) is 108 cm³/mol. The summed E-state index contributed by atoms with van der Waals surface area (Å²) in [6, 6.07) is 7.43. The standard InChI is InChI=1S/C19H27N5O2S/c1-5-13(3)20-18(26)14(4)21-16(25)9-10-24-17(22-23-19(24)27)15-8-6-7-12(2)11-15/h6-8,11,13-14H,5,9-10H2,1-4H3,(H,20,26)(H,21,25)(H,23,27). The number of amides is 2. The van der Waals surface area contributed by atoms with Crippen molar-refractivity contribution in [3.05, 3.63) is 34.6 Å². The Morgan fingerprint density at radius 2 is 2.04 bits per heavy atom. The average Bonchev–Trinajstić information content (AvgIpc) is 3.00. The van der Waals surface area contributed by atoms with Crippen LogP contribution in [0.15, 0.2) is 24.3 Å². The summed E-state index contributed by atoms with van der Waals surface area (Å²) in [6.07, 6.45) is 1.04. The molecule has 0 aliphatic carbocycles. The number of nitrogens with one attached hydrogen (secondary N) is 3. The maximum absolute atomic E-state index is 12.3. The van der Waals surface area contributed by atoms with Crippen LogP contribution in [0.2, 0.25) is 0 Å². The average molecular weight is 390 g/mol. The number of carbonyl (C=O) groups excluding carboxylic acids is 2. The minimum atomic E-state index is -0.583. The lowest BCUT2D eigenvalue weighted by Gasteiger charge is -2.17. The van der Waals surface area contributed by atoms with Gasteiger partial charge < -0.3 is 10.6 Å². The molecular formula is C19H27N5O2S. The minimum absolute atomic E-state index is 0.0815. The highest BCUT2D eigenvalue weighted by molar-refractivity contribution is 7.71. The highest BCUT2D eigenvalue weighted by Gasteiger charge is 2.17. The number of aromatic nitrogens is 3. The second-order valence-electron chi connectivity index (χ2n) is 6.73. The second-order valence-corrected chi connectivity index (χ2v) is 7.12. The highest BCUT2D eigenvalue weighted by atomic mass is 32.1. The SMILES string of the molecule is CCC(C)NC(=O)C(C)NC(=O)CCn1c(-c2cccc(C)c2)n[nH]c1=S. The zero-order valence-corrected chi connectivity index (χ0v) is 17.0. The number of nitrogens with zero attached hydrogens (tertiary/aromatic N) is 2. The molecule has 1 aromatic heterocycles. The van der Waals surface area contributed by atoms with Gasteiger partial charge in [0.1, 0.15) is 6.04 Å². The molecule has 3 N–H and O–H groups in total. The topological polar surface area (TPSA) is 91.8 Å². The van der Waals surface area contributed by atoms with Gasteiger partial charge in [0.15, 0.2) is 10.6 Å². The van der Waals surface area contributed by atoms with Gasteiger partial charge in [-0.3, -0.25) is 19.3 Å². The molecule has 0 radical (unpaired) electrons. The van der Waals surface area contributed by atoms with E-state index in [1.807, 2.05) is 45.0 Å². The first-order valence-corrected chi connectivity index (χ1v) is 9.54. The number of rotatable bonds is 8. The van der Waals surface area contributed by atoms with E-state index in [0.29, 0.717) is 17.1 Å². The first kappa shape index (κ1) is 20.8. The molecule has 27 heavy (non-hydrogen) atoms. The maximum atomic E-state index is 12.3. The lowest BCUT2D eigenvalue weighted by molar-refractivity contribution is -0.129. The summed E-state index contributed by atoms with van der Waals surface area (Å²) in [5.41, 5.74) is 2.05. The minimum Gasteiger partial charge on any atom is -0.352 e. The molecule has 1 aromatic carbocycles. The molecule has 8 heteroatoms. The van der Waals surface area contributed by atoms with E-state index in [9.17, 15) is 9.59 Å². The van der Waals surface area contributed by atoms with Gasteiger partial charge in [0.25, 0.3) is 0 Å². The lowest BCUT2D eigenvalue weighted by atomic mass is 10.1. The molecule has 0 fully saturated rings. The molecule has 0 aliphatic heterocycles. The third kappa shape index (κ3) is 5.75. The lowest BCUT2D eigenvalue weighted by Crippen LogP contribution is -2.47. The van der Waals surface area contributed by atoms with Gasteiger partial charge in [-0.05, 0) is 45.5 Å². The molecule has 2 amide bonds. The number of hydrogen-bond donors (Lipinski definition) is 3. The molecule has 146 valence electrons. The Morgan fingerprint density at radius 3 is 2.70 bits per heavy atom. The van der Waals surface area contributed by atoms with Crippen LogP contribution in [-0.2, 0) is 16.1 Å². The Hall–Kier alpha value is -2.48. The summed E-state index contributed by atoms with van der Waals surface area (Å²) in [4.78, 5) is 24.3. The zero-order chi connectivity index (χ0) is 20.0. The van der Waals surface area contributed by atoms with Crippen LogP contribution in [0.4, 0.5) is 0 Å². The van der Waals surface area contributed by atoms with Crippen molar-refractivity contribution >= 4 is 24.0 Å². The van der Waals surface area contributed by atoms with E-state index in [1.165, 1.54) is 0 Å². The van der Waals surface area contributed by atoms with Gasteiger partial charge in [0, 0.05) is 24.6 Å². The summed E-state index contributed by atoms with van der Waals surface area (Å²) in [5.74, 6) is 0.303. The largest absolute Gasteiger partial charge is 0.352 e. The van der Waals surface area contributed by atoms with Crippen LogP contribution in [-0.4, -0.2) is 38.7 Å². The van der Waals surface area contributed by atoms with Crippen molar-refractivity contribution in [2.75, 3.05) is 0 Å². The quantitative estimate of drug-likeness (QED) is 0.606. The Morgan fingerprint density at radius 1 is 1.30 bits per heavy atom.